The standard InChI is InChI=1S/C7H15BO4/c8-6-12-7(4-10)5-11-3-1-2-9/h7,9-10H,1-6H2. The summed E-state index contributed by atoms with van der Waals surface area (Å²) in [6.45, 7) is 0.876. The van der Waals surface area contributed by atoms with E-state index in [1.807, 2.05) is 0 Å². The van der Waals surface area contributed by atoms with Gasteiger partial charge in [0.1, 0.15) is 14.0 Å². The Morgan fingerprint density at radius 1 is 1.33 bits per heavy atom. The van der Waals surface area contributed by atoms with Crippen LogP contribution in [0.2, 0.25) is 0 Å². The Balaban J connectivity index is 3.19. The zero-order valence-corrected chi connectivity index (χ0v) is 7.11. The first-order valence-electron chi connectivity index (χ1n) is 3.96. The molecule has 0 saturated heterocycles. The maximum absolute atomic E-state index is 8.70. The van der Waals surface area contributed by atoms with E-state index < -0.39 is 0 Å². The second-order valence-electron chi connectivity index (χ2n) is 2.29. The third-order valence-electron chi connectivity index (χ3n) is 1.29. The van der Waals surface area contributed by atoms with Crippen LogP contribution in [0.3, 0.4) is 0 Å². The highest BCUT2D eigenvalue weighted by atomic mass is 16.5. The molecule has 4 nitrogen and oxygen atoms in total. The highest BCUT2D eigenvalue weighted by molar-refractivity contribution is 6.08. The first kappa shape index (κ1) is 11.9. The number of hydrogen-bond donors (Lipinski definition) is 2. The number of hydrogen-bond acceptors (Lipinski definition) is 4. The molecule has 0 heterocycles. The highest BCUT2D eigenvalue weighted by Gasteiger charge is 2.05. The van der Waals surface area contributed by atoms with Gasteiger partial charge >= 0.3 is 0 Å². The quantitative estimate of drug-likeness (QED) is 0.361. The van der Waals surface area contributed by atoms with Crippen molar-refractivity contribution in [2.75, 3.05) is 32.9 Å². The zero-order valence-electron chi connectivity index (χ0n) is 7.11. The van der Waals surface area contributed by atoms with Gasteiger partial charge in [-0.15, -0.1) is 0 Å². The molecule has 0 rings (SSSR count). The molecule has 0 spiro atoms. The molecule has 0 bridgehead atoms. The summed E-state index contributed by atoms with van der Waals surface area (Å²) in [7, 11) is 5.11. The van der Waals surface area contributed by atoms with Crippen molar-refractivity contribution in [2.24, 2.45) is 0 Å². The van der Waals surface area contributed by atoms with Gasteiger partial charge in [-0.2, -0.15) is 0 Å². The summed E-state index contributed by atoms with van der Waals surface area (Å²) in [6, 6.07) is 0. The topological polar surface area (TPSA) is 58.9 Å². The smallest absolute Gasteiger partial charge is 0.104 e. The molecule has 5 heteroatoms. The molecule has 0 aromatic heterocycles. The molecule has 0 aliphatic rings. The number of aliphatic hydroxyl groups is 2. The Labute approximate surface area is 73.9 Å². The van der Waals surface area contributed by atoms with Crippen LogP contribution in [0.4, 0.5) is 0 Å². The van der Waals surface area contributed by atoms with Crippen molar-refractivity contribution in [2.45, 2.75) is 12.5 Å². The second-order valence-corrected chi connectivity index (χ2v) is 2.29. The van der Waals surface area contributed by atoms with Gasteiger partial charge in [0.05, 0.1) is 13.2 Å². The lowest BCUT2D eigenvalue weighted by molar-refractivity contribution is -0.0288. The van der Waals surface area contributed by atoms with E-state index in [4.69, 9.17) is 27.5 Å². The van der Waals surface area contributed by atoms with Gasteiger partial charge in [0.25, 0.3) is 0 Å². The van der Waals surface area contributed by atoms with Gasteiger partial charge in [0, 0.05) is 19.7 Å². The van der Waals surface area contributed by atoms with Crippen molar-refractivity contribution in [3.63, 3.8) is 0 Å². The van der Waals surface area contributed by atoms with E-state index in [-0.39, 0.29) is 25.8 Å². The minimum atomic E-state index is -0.353. The SMILES string of the molecule is [B]COC(CO)COCCCO. The van der Waals surface area contributed by atoms with E-state index in [1.165, 1.54) is 0 Å². The number of ether oxygens (including phenoxy) is 2. The third kappa shape index (κ3) is 6.60. The van der Waals surface area contributed by atoms with Crippen LogP contribution in [0.25, 0.3) is 0 Å². The van der Waals surface area contributed by atoms with Crippen LogP contribution in [0, 0.1) is 0 Å². The summed E-state index contributed by atoms with van der Waals surface area (Å²) in [6.07, 6.45) is 0.245. The maximum atomic E-state index is 8.70. The van der Waals surface area contributed by atoms with Crippen molar-refractivity contribution >= 4 is 7.85 Å². The van der Waals surface area contributed by atoms with E-state index in [0.29, 0.717) is 19.6 Å². The second kappa shape index (κ2) is 9.00. The van der Waals surface area contributed by atoms with Crippen LogP contribution in [-0.2, 0) is 9.47 Å². The van der Waals surface area contributed by atoms with E-state index >= 15 is 0 Å². The lowest BCUT2D eigenvalue weighted by Gasteiger charge is -2.14. The first-order valence-corrected chi connectivity index (χ1v) is 3.96. The van der Waals surface area contributed by atoms with Crippen molar-refractivity contribution in [1.82, 2.24) is 0 Å². The highest BCUT2D eigenvalue weighted by Crippen LogP contribution is 1.92. The van der Waals surface area contributed by atoms with Crippen LogP contribution < -0.4 is 0 Å². The van der Waals surface area contributed by atoms with Crippen LogP contribution in [0.15, 0.2) is 0 Å². The summed E-state index contributed by atoms with van der Waals surface area (Å²) in [4.78, 5) is 0. The fourth-order valence-corrected chi connectivity index (χ4v) is 0.671. The summed E-state index contributed by atoms with van der Waals surface area (Å²) >= 11 is 0. The molecule has 0 saturated carbocycles. The molecule has 2 N–H and O–H groups in total. The monoisotopic (exact) mass is 174 g/mol. The lowest BCUT2D eigenvalue weighted by Crippen LogP contribution is -2.25. The summed E-state index contributed by atoms with van der Waals surface area (Å²) in [5, 5.41) is 17.1. The van der Waals surface area contributed by atoms with Gasteiger partial charge in [0.15, 0.2) is 0 Å². The van der Waals surface area contributed by atoms with Crippen LogP contribution >= 0.6 is 0 Å². The normalized spacial score (nSPS) is 13.2. The predicted molar refractivity (Wildman–Crippen MR) is 45.1 cm³/mol. The van der Waals surface area contributed by atoms with Gasteiger partial charge in [0.2, 0.25) is 0 Å². The predicted octanol–water partition coefficient (Wildman–Crippen LogP) is -1.11. The average Bonchev–Trinajstić information content (AvgIpc) is 2.10. The molecular weight excluding hydrogens is 159 g/mol. The van der Waals surface area contributed by atoms with Gasteiger partial charge in [-0.1, -0.05) is 0 Å². The van der Waals surface area contributed by atoms with Gasteiger partial charge in [-0.3, -0.25) is 0 Å². The first-order chi connectivity index (χ1) is 5.85. The van der Waals surface area contributed by atoms with Crippen molar-refractivity contribution in [3.05, 3.63) is 0 Å². The van der Waals surface area contributed by atoms with E-state index in [9.17, 15) is 0 Å². The van der Waals surface area contributed by atoms with Crippen molar-refractivity contribution in [1.29, 1.82) is 0 Å². The number of rotatable bonds is 8. The van der Waals surface area contributed by atoms with Gasteiger partial charge in [-0.05, 0) is 6.42 Å². The van der Waals surface area contributed by atoms with Crippen LogP contribution in [-0.4, -0.2) is 57.1 Å². The maximum Gasteiger partial charge on any atom is 0.104 e. The Hall–Kier alpha value is -0.0951. The Morgan fingerprint density at radius 2 is 2.08 bits per heavy atom. The van der Waals surface area contributed by atoms with Crippen molar-refractivity contribution < 1.29 is 19.7 Å². The number of aliphatic hydroxyl groups excluding tert-OH is 2. The largest absolute Gasteiger partial charge is 0.396 e. The van der Waals surface area contributed by atoms with Crippen LogP contribution in [0.5, 0.6) is 0 Å². The Bertz CT molecular complexity index is 91.5. The molecule has 1 atom stereocenters. The van der Waals surface area contributed by atoms with E-state index in [2.05, 4.69) is 0 Å². The van der Waals surface area contributed by atoms with Crippen molar-refractivity contribution in [3.8, 4) is 0 Å². The Morgan fingerprint density at radius 3 is 2.58 bits per heavy atom. The molecule has 2 radical (unpaired) electrons. The van der Waals surface area contributed by atoms with E-state index in [0.717, 1.165) is 0 Å². The minimum Gasteiger partial charge on any atom is -0.396 e. The Kier molecular flexibility index (Phi) is 8.93. The molecule has 0 aliphatic heterocycles. The molecule has 0 aromatic rings. The molecule has 70 valence electrons. The van der Waals surface area contributed by atoms with Gasteiger partial charge in [-0.25, -0.2) is 0 Å². The average molecular weight is 174 g/mol. The minimum absolute atomic E-state index is 0.0780. The molecule has 0 aromatic carbocycles. The molecule has 0 amide bonds. The molecule has 0 aliphatic carbocycles. The zero-order chi connectivity index (χ0) is 9.23. The van der Waals surface area contributed by atoms with E-state index in [1.54, 1.807) is 0 Å². The lowest BCUT2D eigenvalue weighted by atomic mass is 10.2. The fraction of sp³-hybridized carbons (Fsp3) is 1.00. The summed E-state index contributed by atoms with van der Waals surface area (Å²) in [5.74, 6) is 0. The molecule has 12 heavy (non-hydrogen) atoms. The summed E-state index contributed by atoms with van der Waals surface area (Å²) in [5.41, 5.74) is 0. The van der Waals surface area contributed by atoms with Crippen LogP contribution in [0.1, 0.15) is 6.42 Å². The third-order valence-corrected chi connectivity index (χ3v) is 1.29. The molecule has 0 fully saturated rings. The fourth-order valence-electron chi connectivity index (χ4n) is 0.671. The summed E-state index contributed by atoms with van der Waals surface area (Å²) < 4.78 is 9.99. The molecule has 1 unspecified atom stereocenters. The van der Waals surface area contributed by atoms with Gasteiger partial charge < -0.3 is 19.7 Å². The molecular formula is C7H15BO4.